The molecule has 1 amide bonds. The molecule has 8 nitrogen and oxygen atoms in total. The summed E-state index contributed by atoms with van der Waals surface area (Å²) in [5.74, 6) is -0.810. The molecule has 34 heavy (non-hydrogen) atoms. The maximum Gasteiger partial charge on any atom is 0.328 e. The van der Waals surface area contributed by atoms with Gasteiger partial charge in [0.05, 0.1) is 39.8 Å². The van der Waals surface area contributed by atoms with E-state index in [1.54, 1.807) is 25.3 Å². The zero-order valence-corrected chi connectivity index (χ0v) is 20.3. The first-order chi connectivity index (χ1) is 16.4. The molecule has 0 aromatic carbocycles. The number of anilines is 1. The molecule has 2 aromatic heterocycles. The highest BCUT2D eigenvalue weighted by molar-refractivity contribution is 6.40. The van der Waals surface area contributed by atoms with Gasteiger partial charge < -0.3 is 20.1 Å². The molecule has 0 bridgehead atoms. The molecular formula is C24H26Cl2N4O4. The van der Waals surface area contributed by atoms with Gasteiger partial charge in [0.2, 0.25) is 0 Å². The van der Waals surface area contributed by atoms with Crippen LogP contribution in [-0.4, -0.2) is 40.1 Å². The lowest BCUT2D eigenvalue weighted by molar-refractivity contribution is -0.146. The molecule has 0 saturated heterocycles. The summed E-state index contributed by atoms with van der Waals surface area (Å²) < 4.78 is 11.1. The summed E-state index contributed by atoms with van der Waals surface area (Å²) in [6.45, 7) is 2.07. The Kier molecular flexibility index (Phi) is 7.58. The largest absolute Gasteiger partial charge is 0.487 e. The van der Waals surface area contributed by atoms with Crippen molar-refractivity contribution in [1.82, 2.24) is 15.3 Å². The van der Waals surface area contributed by atoms with E-state index in [1.807, 2.05) is 0 Å². The smallest absolute Gasteiger partial charge is 0.328 e. The summed E-state index contributed by atoms with van der Waals surface area (Å²) in [5.41, 5.74) is 1.92. The number of carbonyl (C=O) groups excluding carboxylic acids is 2. The molecule has 10 heteroatoms. The van der Waals surface area contributed by atoms with Gasteiger partial charge in [0.15, 0.2) is 5.60 Å². The van der Waals surface area contributed by atoms with E-state index in [2.05, 4.69) is 20.6 Å². The van der Waals surface area contributed by atoms with Crippen LogP contribution in [0.1, 0.15) is 55.1 Å². The van der Waals surface area contributed by atoms with Crippen molar-refractivity contribution in [3.05, 3.63) is 64.0 Å². The van der Waals surface area contributed by atoms with Crippen molar-refractivity contribution in [1.29, 1.82) is 0 Å². The highest BCUT2D eigenvalue weighted by atomic mass is 35.5. The van der Waals surface area contributed by atoms with Crippen LogP contribution in [0.15, 0.2) is 42.7 Å². The van der Waals surface area contributed by atoms with E-state index in [-0.39, 0.29) is 33.8 Å². The van der Waals surface area contributed by atoms with Crippen LogP contribution >= 0.6 is 23.2 Å². The van der Waals surface area contributed by atoms with Crippen molar-refractivity contribution in [3.8, 4) is 0 Å². The summed E-state index contributed by atoms with van der Waals surface area (Å²) in [6.07, 6.45) is 11.5. The predicted octanol–water partition coefficient (Wildman–Crippen LogP) is 4.67. The Labute approximate surface area is 208 Å². The van der Waals surface area contributed by atoms with Gasteiger partial charge in [0, 0.05) is 24.5 Å². The standard InChI is InChI=1S/C24H26Cl2N4O4/c1-2-33-23(32)19(30-20-14-34-24(20)8-4-3-5-9-24)10-15-6-7-16(11-28-15)29-22(31)21-17(25)12-27-13-18(21)26/h6-7,11-14,19,30H,2-5,8-10H2,1H3,(H,29,31)/t19-/m0/s1. The second-order valence-electron chi connectivity index (χ2n) is 8.33. The van der Waals surface area contributed by atoms with Crippen molar-refractivity contribution in [2.45, 2.75) is 57.1 Å². The zero-order valence-electron chi connectivity index (χ0n) is 18.8. The van der Waals surface area contributed by atoms with Crippen LogP contribution in [0.5, 0.6) is 0 Å². The summed E-state index contributed by atoms with van der Waals surface area (Å²) in [6, 6.07) is 2.86. The molecule has 1 aliphatic heterocycles. The minimum Gasteiger partial charge on any atom is -0.487 e. The fraction of sp³-hybridized carbons (Fsp3) is 0.417. The number of esters is 1. The van der Waals surface area contributed by atoms with E-state index < -0.39 is 11.9 Å². The maximum absolute atomic E-state index is 12.7. The number of halogens is 2. The van der Waals surface area contributed by atoms with E-state index in [4.69, 9.17) is 32.7 Å². The molecule has 1 aliphatic carbocycles. The lowest BCUT2D eigenvalue weighted by Gasteiger charge is -2.45. The van der Waals surface area contributed by atoms with Crippen molar-refractivity contribution >= 4 is 40.8 Å². The molecule has 1 fully saturated rings. The molecule has 2 aliphatic rings. The van der Waals surface area contributed by atoms with E-state index in [0.717, 1.165) is 31.4 Å². The number of rotatable bonds is 8. The van der Waals surface area contributed by atoms with E-state index in [9.17, 15) is 9.59 Å². The molecule has 1 spiro atoms. The van der Waals surface area contributed by atoms with Gasteiger partial charge in [-0.2, -0.15) is 0 Å². The highest BCUT2D eigenvalue weighted by Crippen LogP contribution is 2.42. The van der Waals surface area contributed by atoms with Gasteiger partial charge in [-0.25, -0.2) is 4.79 Å². The molecule has 0 radical (unpaired) electrons. The van der Waals surface area contributed by atoms with E-state index in [1.165, 1.54) is 25.0 Å². The molecule has 1 saturated carbocycles. The Morgan fingerprint density at radius 3 is 2.47 bits per heavy atom. The van der Waals surface area contributed by atoms with Crippen LogP contribution < -0.4 is 10.6 Å². The molecule has 2 N–H and O–H groups in total. The van der Waals surface area contributed by atoms with Crippen LogP contribution in [-0.2, 0) is 20.7 Å². The van der Waals surface area contributed by atoms with Crippen LogP contribution in [0, 0.1) is 0 Å². The fourth-order valence-electron chi connectivity index (χ4n) is 4.23. The average molecular weight is 505 g/mol. The van der Waals surface area contributed by atoms with Crippen molar-refractivity contribution < 1.29 is 19.1 Å². The highest BCUT2D eigenvalue weighted by Gasteiger charge is 2.45. The number of nitrogens with one attached hydrogen (secondary N) is 2. The number of amides is 1. The van der Waals surface area contributed by atoms with Gasteiger partial charge >= 0.3 is 5.97 Å². The summed E-state index contributed by atoms with van der Waals surface area (Å²) >= 11 is 12.1. The Morgan fingerprint density at radius 2 is 1.88 bits per heavy atom. The lowest BCUT2D eigenvalue weighted by Crippen LogP contribution is -2.52. The van der Waals surface area contributed by atoms with Crippen molar-refractivity contribution in [2.24, 2.45) is 0 Å². The Hall–Kier alpha value is -2.84. The van der Waals surface area contributed by atoms with Gasteiger partial charge in [0.25, 0.3) is 5.91 Å². The third kappa shape index (κ3) is 5.28. The van der Waals surface area contributed by atoms with Crippen molar-refractivity contribution in [2.75, 3.05) is 11.9 Å². The monoisotopic (exact) mass is 504 g/mol. The third-order valence-corrected chi connectivity index (χ3v) is 6.60. The van der Waals surface area contributed by atoms with Gasteiger partial charge in [0.1, 0.15) is 12.3 Å². The second kappa shape index (κ2) is 10.6. The van der Waals surface area contributed by atoms with Gasteiger partial charge in [-0.15, -0.1) is 0 Å². The van der Waals surface area contributed by atoms with Crippen LogP contribution in [0.4, 0.5) is 5.69 Å². The summed E-state index contributed by atoms with van der Waals surface area (Å²) in [7, 11) is 0. The summed E-state index contributed by atoms with van der Waals surface area (Å²) in [5, 5.41) is 6.38. The van der Waals surface area contributed by atoms with Gasteiger partial charge in [-0.05, 0) is 44.7 Å². The van der Waals surface area contributed by atoms with Crippen LogP contribution in [0.2, 0.25) is 10.0 Å². The predicted molar refractivity (Wildman–Crippen MR) is 129 cm³/mol. The third-order valence-electron chi connectivity index (χ3n) is 6.03. The van der Waals surface area contributed by atoms with Crippen LogP contribution in [0.3, 0.4) is 0 Å². The minimum atomic E-state index is -0.601. The second-order valence-corrected chi connectivity index (χ2v) is 9.14. The number of ether oxygens (including phenoxy) is 2. The number of carbonyl (C=O) groups is 2. The van der Waals surface area contributed by atoms with Crippen molar-refractivity contribution in [3.63, 3.8) is 0 Å². The SMILES string of the molecule is CCOC(=O)[C@H](Cc1ccc(NC(=O)c2c(Cl)cncc2Cl)cn1)NC1=COC12CCCCC2. The van der Waals surface area contributed by atoms with E-state index >= 15 is 0 Å². The molecular weight excluding hydrogens is 479 g/mol. The molecule has 4 rings (SSSR count). The quantitative estimate of drug-likeness (QED) is 0.503. The molecule has 1 atom stereocenters. The first kappa shape index (κ1) is 24.3. The summed E-state index contributed by atoms with van der Waals surface area (Å²) in [4.78, 5) is 33.5. The molecule has 3 heterocycles. The zero-order chi connectivity index (χ0) is 24.1. The minimum absolute atomic E-state index is 0.140. The Balaban J connectivity index is 1.43. The van der Waals surface area contributed by atoms with Gasteiger partial charge in [-0.3, -0.25) is 14.8 Å². The number of hydrogen-bond acceptors (Lipinski definition) is 7. The number of hydrogen-bond donors (Lipinski definition) is 2. The van der Waals surface area contributed by atoms with Gasteiger partial charge in [-0.1, -0.05) is 29.6 Å². The number of nitrogens with zero attached hydrogens (tertiary/aromatic N) is 2. The average Bonchev–Trinajstić information content (AvgIpc) is 2.82. The lowest BCUT2D eigenvalue weighted by atomic mass is 9.80. The number of pyridine rings is 2. The Bertz CT molecular complexity index is 1060. The maximum atomic E-state index is 12.7. The van der Waals surface area contributed by atoms with E-state index in [0.29, 0.717) is 17.8 Å². The first-order valence-electron chi connectivity index (χ1n) is 11.3. The fourth-order valence-corrected chi connectivity index (χ4v) is 4.77. The van der Waals surface area contributed by atoms with Crippen LogP contribution in [0.25, 0.3) is 0 Å². The Morgan fingerprint density at radius 1 is 1.15 bits per heavy atom. The normalized spacial score (nSPS) is 17.1. The molecule has 180 valence electrons. The molecule has 2 aromatic rings. The topological polar surface area (TPSA) is 102 Å². The molecule has 0 unspecified atom stereocenters. The first-order valence-corrected chi connectivity index (χ1v) is 12.0. The number of aromatic nitrogens is 2.